The first kappa shape index (κ1) is 27.5. The smallest absolute Gasteiger partial charge is 0.348 e. The molecule has 9 heteroatoms. The van der Waals surface area contributed by atoms with Crippen LogP contribution in [0, 0.1) is 0 Å². The largest absolute Gasteiger partial charge is 0.515 e. The third-order valence-corrected chi connectivity index (χ3v) is 6.11. The second kappa shape index (κ2) is 12.7. The van der Waals surface area contributed by atoms with Crippen LogP contribution in [-0.4, -0.2) is 28.6 Å². The molecule has 0 atom stereocenters. The fourth-order valence-electron chi connectivity index (χ4n) is 2.94. The molecule has 3 rings (SSSR count). The molecule has 2 N–H and O–H groups in total. The highest BCUT2D eigenvalue weighted by Gasteiger charge is 2.42. The minimum absolute atomic E-state index is 0.125. The van der Waals surface area contributed by atoms with E-state index in [9.17, 15) is 15.0 Å². The molecule has 0 saturated heterocycles. The van der Waals surface area contributed by atoms with E-state index in [2.05, 4.69) is 15.9 Å². The third kappa shape index (κ3) is 6.44. The molecule has 33 heavy (non-hydrogen) atoms. The SMILES string of the molecule is CBr.O=C(OCC(=CO)c1ccccc1)C(O)(c1ccc(Cl)c(Cl)c1)c1ccc(Cl)c(Cl)c1. The van der Waals surface area contributed by atoms with Gasteiger partial charge in [0.25, 0.3) is 0 Å². The topological polar surface area (TPSA) is 66.8 Å². The number of ether oxygens (including phenoxy) is 1. The van der Waals surface area contributed by atoms with Crippen LogP contribution in [0.2, 0.25) is 20.1 Å². The molecule has 0 aliphatic carbocycles. The van der Waals surface area contributed by atoms with Crippen LogP contribution in [0.25, 0.3) is 5.57 Å². The van der Waals surface area contributed by atoms with Crippen molar-refractivity contribution in [3.05, 3.63) is 110 Å². The Labute approximate surface area is 220 Å². The molecule has 0 aromatic heterocycles. The monoisotopic (exact) mass is 590 g/mol. The first-order valence-electron chi connectivity index (χ1n) is 9.34. The van der Waals surface area contributed by atoms with Crippen LogP contribution in [0.5, 0.6) is 0 Å². The van der Waals surface area contributed by atoms with Gasteiger partial charge in [-0.25, -0.2) is 4.79 Å². The summed E-state index contributed by atoms with van der Waals surface area (Å²) < 4.78 is 5.39. The van der Waals surface area contributed by atoms with Gasteiger partial charge in [-0.3, -0.25) is 0 Å². The van der Waals surface area contributed by atoms with Crippen LogP contribution in [0.1, 0.15) is 16.7 Å². The molecule has 0 bridgehead atoms. The maximum absolute atomic E-state index is 13.2. The van der Waals surface area contributed by atoms with E-state index in [4.69, 9.17) is 51.1 Å². The van der Waals surface area contributed by atoms with Gasteiger partial charge in [-0.1, -0.05) is 105 Å². The number of carbonyl (C=O) groups excluding carboxylic acids is 1. The number of halogens is 5. The molecule has 0 aliphatic heterocycles. The van der Waals surface area contributed by atoms with Crippen LogP contribution in [-0.2, 0) is 15.1 Å². The normalized spacial score (nSPS) is 11.4. The van der Waals surface area contributed by atoms with Crippen molar-refractivity contribution in [2.75, 3.05) is 12.4 Å². The van der Waals surface area contributed by atoms with Gasteiger partial charge in [0.05, 0.1) is 26.4 Å². The van der Waals surface area contributed by atoms with Crippen molar-refractivity contribution < 1.29 is 19.7 Å². The fraction of sp³-hybridized carbons (Fsp3) is 0.125. The average Bonchev–Trinajstić information content (AvgIpc) is 2.84. The van der Waals surface area contributed by atoms with E-state index in [0.29, 0.717) is 11.1 Å². The van der Waals surface area contributed by atoms with Crippen molar-refractivity contribution in [1.29, 1.82) is 0 Å². The number of hydrogen-bond acceptors (Lipinski definition) is 4. The lowest BCUT2D eigenvalue weighted by Crippen LogP contribution is -2.39. The lowest BCUT2D eigenvalue weighted by molar-refractivity contribution is -0.160. The molecule has 0 aliphatic rings. The van der Waals surface area contributed by atoms with E-state index < -0.39 is 11.6 Å². The second-order valence-corrected chi connectivity index (χ2v) is 8.19. The van der Waals surface area contributed by atoms with Crippen LogP contribution in [0.4, 0.5) is 0 Å². The summed E-state index contributed by atoms with van der Waals surface area (Å²) in [7, 11) is 0. The van der Waals surface area contributed by atoms with Gasteiger partial charge in [0.1, 0.15) is 6.61 Å². The van der Waals surface area contributed by atoms with Crippen LogP contribution in [0.3, 0.4) is 0 Å². The van der Waals surface area contributed by atoms with Crippen molar-refractivity contribution >= 4 is 73.9 Å². The van der Waals surface area contributed by atoms with E-state index in [1.165, 1.54) is 36.4 Å². The average molecular weight is 593 g/mol. The van der Waals surface area contributed by atoms with E-state index in [-0.39, 0.29) is 37.8 Å². The van der Waals surface area contributed by atoms with E-state index >= 15 is 0 Å². The zero-order valence-electron chi connectivity index (χ0n) is 17.2. The molecule has 174 valence electrons. The highest BCUT2D eigenvalue weighted by atomic mass is 79.9. The van der Waals surface area contributed by atoms with Gasteiger partial charge in [0.2, 0.25) is 5.60 Å². The molecule has 3 aromatic rings. The van der Waals surface area contributed by atoms with Crippen LogP contribution >= 0.6 is 62.3 Å². The summed E-state index contributed by atoms with van der Waals surface area (Å²) in [6.07, 6.45) is 0.847. The predicted molar refractivity (Wildman–Crippen MR) is 139 cm³/mol. The lowest BCUT2D eigenvalue weighted by atomic mass is 9.86. The maximum atomic E-state index is 13.2. The van der Waals surface area contributed by atoms with Crippen molar-refractivity contribution in [3.8, 4) is 0 Å². The van der Waals surface area contributed by atoms with Gasteiger partial charge in [0, 0.05) is 16.7 Å². The van der Waals surface area contributed by atoms with Gasteiger partial charge < -0.3 is 14.9 Å². The molecule has 0 spiro atoms. The summed E-state index contributed by atoms with van der Waals surface area (Å²) >= 11 is 27.1. The molecule has 4 nitrogen and oxygen atoms in total. The standard InChI is InChI=1S/C23H16Cl4O4.CH3Br/c24-18-8-6-16(10-20(18)26)23(30,17-7-9-19(25)21(27)11-17)22(29)31-13-15(12-28)14-4-2-1-3-5-14;1-2/h1-12,28,30H,13H2;1H3. The lowest BCUT2D eigenvalue weighted by Gasteiger charge is -2.28. The number of carbonyl (C=O) groups is 1. The van der Waals surface area contributed by atoms with Crippen LogP contribution in [0.15, 0.2) is 73.0 Å². The number of rotatable bonds is 6. The van der Waals surface area contributed by atoms with E-state index in [1.807, 2.05) is 11.9 Å². The summed E-state index contributed by atoms with van der Waals surface area (Å²) in [5.74, 6) is 0.812. The summed E-state index contributed by atoms with van der Waals surface area (Å²) in [6.45, 7) is -0.287. The zero-order valence-corrected chi connectivity index (χ0v) is 21.8. The number of hydrogen-bond donors (Lipinski definition) is 2. The first-order valence-corrected chi connectivity index (χ1v) is 12.4. The second-order valence-electron chi connectivity index (χ2n) is 6.56. The van der Waals surface area contributed by atoms with Crippen molar-refractivity contribution in [1.82, 2.24) is 0 Å². The Kier molecular flexibility index (Phi) is 10.6. The van der Waals surface area contributed by atoms with Crippen molar-refractivity contribution in [3.63, 3.8) is 0 Å². The van der Waals surface area contributed by atoms with E-state index in [1.54, 1.807) is 24.3 Å². The Hall–Kier alpha value is -1.73. The van der Waals surface area contributed by atoms with Crippen molar-refractivity contribution in [2.45, 2.75) is 5.60 Å². The highest BCUT2D eigenvalue weighted by molar-refractivity contribution is 9.08. The molecular weight excluding hydrogens is 574 g/mol. The quantitative estimate of drug-likeness (QED) is 0.175. The Balaban J connectivity index is 0.00000187. The Morgan fingerprint density at radius 2 is 1.36 bits per heavy atom. The van der Waals surface area contributed by atoms with Gasteiger partial charge in [-0.15, -0.1) is 0 Å². The Morgan fingerprint density at radius 3 is 1.79 bits per heavy atom. The molecule has 3 aromatic carbocycles. The van der Waals surface area contributed by atoms with E-state index in [0.717, 1.165) is 6.26 Å². The predicted octanol–water partition coefficient (Wildman–Crippen LogP) is 7.69. The Bertz CT molecular complexity index is 1090. The first-order chi connectivity index (χ1) is 15.8. The third-order valence-electron chi connectivity index (χ3n) is 4.63. The molecular formula is C24H19BrCl4O4. The van der Waals surface area contributed by atoms with Gasteiger partial charge in [0.15, 0.2) is 0 Å². The zero-order chi connectivity index (χ0) is 24.6. The molecule has 0 heterocycles. The molecule has 0 radical (unpaired) electrons. The summed E-state index contributed by atoms with van der Waals surface area (Å²) in [5, 5.41) is 21.9. The van der Waals surface area contributed by atoms with Gasteiger partial charge >= 0.3 is 5.97 Å². The van der Waals surface area contributed by atoms with Gasteiger partial charge in [-0.2, -0.15) is 0 Å². The maximum Gasteiger partial charge on any atom is 0.348 e. The summed E-state index contributed by atoms with van der Waals surface area (Å²) in [6, 6.07) is 17.4. The number of aliphatic hydroxyl groups is 2. The minimum atomic E-state index is -2.26. The number of alkyl halides is 1. The molecule has 0 fully saturated rings. The summed E-state index contributed by atoms with van der Waals surface area (Å²) in [5.41, 5.74) is -1.01. The molecule has 0 saturated carbocycles. The summed E-state index contributed by atoms with van der Waals surface area (Å²) in [4.78, 5) is 13.2. The molecule has 0 amide bonds. The minimum Gasteiger partial charge on any atom is -0.515 e. The van der Waals surface area contributed by atoms with Crippen LogP contribution < -0.4 is 0 Å². The fourth-order valence-corrected chi connectivity index (χ4v) is 3.54. The highest BCUT2D eigenvalue weighted by Crippen LogP contribution is 2.37. The number of aliphatic hydroxyl groups excluding tert-OH is 1. The van der Waals surface area contributed by atoms with Crippen molar-refractivity contribution in [2.24, 2.45) is 0 Å². The van der Waals surface area contributed by atoms with Gasteiger partial charge in [-0.05, 0) is 35.7 Å². The Morgan fingerprint density at radius 1 is 0.879 bits per heavy atom. The number of benzene rings is 3. The molecule has 0 unspecified atom stereocenters. The number of esters is 1.